The summed E-state index contributed by atoms with van der Waals surface area (Å²) in [6.45, 7) is 17.5. The first-order valence-corrected chi connectivity index (χ1v) is 13.4. The van der Waals surface area contributed by atoms with Gasteiger partial charge >= 0.3 is 5.97 Å². The number of hydrogen-bond acceptors (Lipinski definition) is 9. The molecule has 0 radical (unpaired) electrons. The number of nitrogens with zero attached hydrogens (tertiary/aromatic N) is 1. The maximum atomic E-state index is 13.3. The van der Waals surface area contributed by atoms with E-state index in [0.29, 0.717) is 39.5 Å². The van der Waals surface area contributed by atoms with Crippen LogP contribution in [0.3, 0.4) is 0 Å². The molecule has 9 heteroatoms. The van der Waals surface area contributed by atoms with Gasteiger partial charge in [0.05, 0.1) is 19.8 Å². The van der Waals surface area contributed by atoms with Gasteiger partial charge < -0.3 is 34.9 Å². The number of carbonyl (C=O) groups is 1. The Bertz CT molecular complexity index is 699. The second-order valence-electron chi connectivity index (χ2n) is 9.84. The average molecular weight is 509 g/mol. The summed E-state index contributed by atoms with van der Waals surface area (Å²) in [5.41, 5.74) is 0.536. The summed E-state index contributed by atoms with van der Waals surface area (Å²) in [5, 5.41) is 10.4. The zero-order chi connectivity index (χ0) is 26.1. The van der Waals surface area contributed by atoms with E-state index in [1.165, 1.54) is 0 Å². The lowest BCUT2D eigenvalue weighted by atomic mass is 10.0. The van der Waals surface area contributed by atoms with Crippen molar-refractivity contribution < 1.29 is 23.7 Å². The largest absolute Gasteiger partial charge is 0.491 e. The number of benzene rings is 1. The minimum atomic E-state index is -0.535. The fourth-order valence-corrected chi connectivity index (χ4v) is 3.86. The predicted octanol–water partition coefficient (Wildman–Crippen LogP) is 1.46. The van der Waals surface area contributed by atoms with E-state index in [-0.39, 0.29) is 12.0 Å². The third-order valence-electron chi connectivity index (χ3n) is 5.65. The van der Waals surface area contributed by atoms with Crippen LogP contribution in [-0.4, -0.2) is 108 Å². The van der Waals surface area contributed by atoms with Gasteiger partial charge in [-0.2, -0.15) is 0 Å². The van der Waals surface area contributed by atoms with Gasteiger partial charge in [-0.1, -0.05) is 12.1 Å². The predicted molar refractivity (Wildman–Crippen MR) is 143 cm³/mol. The molecule has 0 saturated carbocycles. The zero-order valence-electron chi connectivity index (χ0n) is 22.8. The molecule has 0 bridgehead atoms. The maximum Gasteiger partial charge on any atom is 0.324 e. The van der Waals surface area contributed by atoms with E-state index in [0.717, 1.165) is 63.7 Å². The Balaban J connectivity index is 1.98. The summed E-state index contributed by atoms with van der Waals surface area (Å²) in [4.78, 5) is 15.6. The fourth-order valence-electron chi connectivity index (χ4n) is 3.86. The van der Waals surface area contributed by atoms with Crippen molar-refractivity contribution in [1.82, 2.24) is 20.9 Å². The minimum Gasteiger partial charge on any atom is -0.491 e. The molecule has 1 aliphatic heterocycles. The molecule has 1 heterocycles. The van der Waals surface area contributed by atoms with Crippen LogP contribution >= 0.6 is 0 Å². The van der Waals surface area contributed by atoms with Gasteiger partial charge in [-0.3, -0.25) is 9.69 Å². The molecule has 0 aliphatic carbocycles. The van der Waals surface area contributed by atoms with Crippen molar-refractivity contribution in [2.24, 2.45) is 0 Å². The highest BCUT2D eigenvalue weighted by molar-refractivity contribution is 5.76. The van der Waals surface area contributed by atoms with Crippen LogP contribution in [0.25, 0.3) is 0 Å². The van der Waals surface area contributed by atoms with Crippen molar-refractivity contribution in [3.05, 3.63) is 29.8 Å². The summed E-state index contributed by atoms with van der Waals surface area (Å²) in [6.07, 6.45) is 0.581. The monoisotopic (exact) mass is 508 g/mol. The van der Waals surface area contributed by atoms with Gasteiger partial charge in [0.1, 0.15) is 24.0 Å². The molecule has 1 aliphatic rings. The van der Waals surface area contributed by atoms with Gasteiger partial charge in [0.15, 0.2) is 0 Å². The Labute approximate surface area is 217 Å². The second-order valence-corrected chi connectivity index (χ2v) is 9.84. The van der Waals surface area contributed by atoms with E-state index in [1.807, 2.05) is 52.0 Å². The third-order valence-corrected chi connectivity index (χ3v) is 5.65. The fraction of sp³-hybridized carbons (Fsp3) is 0.741. The molecule has 206 valence electrons. The van der Waals surface area contributed by atoms with E-state index >= 15 is 0 Å². The molecule has 2 rings (SSSR count). The Kier molecular flexibility index (Phi) is 15.0. The summed E-state index contributed by atoms with van der Waals surface area (Å²) in [5.74, 6) is 0.607. The highest BCUT2D eigenvalue weighted by atomic mass is 16.6. The Morgan fingerprint density at radius 2 is 1.42 bits per heavy atom. The van der Waals surface area contributed by atoms with Gasteiger partial charge in [0.2, 0.25) is 0 Å². The molecular weight excluding hydrogens is 460 g/mol. The van der Waals surface area contributed by atoms with Gasteiger partial charge in [0.25, 0.3) is 0 Å². The summed E-state index contributed by atoms with van der Waals surface area (Å²) in [6, 6.07) is 7.60. The normalized spacial score (nSPS) is 17.6. The van der Waals surface area contributed by atoms with Crippen LogP contribution in [0.2, 0.25) is 0 Å². The molecule has 1 aromatic rings. The Morgan fingerprint density at radius 3 is 2.00 bits per heavy atom. The van der Waals surface area contributed by atoms with Crippen molar-refractivity contribution in [1.29, 1.82) is 0 Å². The lowest BCUT2D eigenvalue weighted by molar-refractivity contribution is -0.161. The molecular formula is C27H48N4O5. The first-order chi connectivity index (χ1) is 17.4. The van der Waals surface area contributed by atoms with E-state index in [1.54, 1.807) is 0 Å². The SMILES string of the molecule is CCOCCOCCOc1ccc(C[C@@H](C(=O)OC(C)(C)C)N2CCNCCNCCNCC2)cc1. The van der Waals surface area contributed by atoms with Gasteiger partial charge in [-0.25, -0.2) is 0 Å². The zero-order valence-corrected chi connectivity index (χ0v) is 22.8. The number of rotatable bonds is 12. The van der Waals surface area contributed by atoms with Crippen LogP contribution < -0.4 is 20.7 Å². The van der Waals surface area contributed by atoms with E-state index in [2.05, 4.69) is 20.9 Å². The third kappa shape index (κ3) is 13.5. The highest BCUT2D eigenvalue weighted by Gasteiger charge is 2.30. The van der Waals surface area contributed by atoms with Crippen LogP contribution in [0.15, 0.2) is 24.3 Å². The second kappa shape index (κ2) is 17.7. The van der Waals surface area contributed by atoms with Crippen molar-refractivity contribution in [3.8, 4) is 5.75 Å². The number of ether oxygens (including phenoxy) is 4. The smallest absolute Gasteiger partial charge is 0.324 e. The van der Waals surface area contributed by atoms with Crippen LogP contribution in [0.1, 0.15) is 33.3 Å². The quantitative estimate of drug-likeness (QED) is 0.287. The molecule has 0 spiro atoms. The first-order valence-electron chi connectivity index (χ1n) is 13.4. The van der Waals surface area contributed by atoms with Crippen molar-refractivity contribution in [3.63, 3.8) is 0 Å². The molecule has 1 atom stereocenters. The molecule has 36 heavy (non-hydrogen) atoms. The Morgan fingerprint density at radius 1 is 0.861 bits per heavy atom. The van der Waals surface area contributed by atoms with E-state index in [9.17, 15) is 4.79 Å². The van der Waals surface area contributed by atoms with Crippen LogP contribution in [0, 0.1) is 0 Å². The summed E-state index contributed by atoms with van der Waals surface area (Å²) < 4.78 is 22.4. The van der Waals surface area contributed by atoms with Gasteiger partial charge in [-0.05, 0) is 51.8 Å². The summed E-state index contributed by atoms with van der Waals surface area (Å²) in [7, 11) is 0. The van der Waals surface area contributed by atoms with E-state index < -0.39 is 5.60 Å². The maximum absolute atomic E-state index is 13.3. The van der Waals surface area contributed by atoms with Gasteiger partial charge in [0, 0.05) is 59.0 Å². The van der Waals surface area contributed by atoms with Crippen LogP contribution in [0.5, 0.6) is 5.75 Å². The lowest BCUT2D eigenvalue weighted by Gasteiger charge is -2.33. The number of esters is 1. The van der Waals surface area contributed by atoms with Crippen molar-refractivity contribution in [2.75, 3.05) is 85.4 Å². The van der Waals surface area contributed by atoms with Gasteiger partial charge in [-0.15, -0.1) is 0 Å². The highest BCUT2D eigenvalue weighted by Crippen LogP contribution is 2.18. The molecule has 0 aromatic heterocycles. The standard InChI is InChI=1S/C27H48N4O5/c1-5-33-18-19-34-20-21-35-24-8-6-23(7-9-24)22-25(26(32)36-27(2,3)4)31-16-14-29-12-10-28-11-13-30-15-17-31/h6-9,25,28-30H,5,10-22H2,1-4H3/t25-/m0/s1. The van der Waals surface area contributed by atoms with Crippen molar-refractivity contribution >= 4 is 5.97 Å². The molecule has 9 nitrogen and oxygen atoms in total. The topological polar surface area (TPSA) is 93.3 Å². The summed E-state index contributed by atoms with van der Waals surface area (Å²) >= 11 is 0. The van der Waals surface area contributed by atoms with E-state index in [4.69, 9.17) is 18.9 Å². The molecule has 1 saturated heterocycles. The first kappa shape index (κ1) is 30.5. The molecule has 3 N–H and O–H groups in total. The Hall–Kier alpha value is -1.75. The molecule has 1 aromatic carbocycles. The number of nitrogens with one attached hydrogen (secondary N) is 3. The number of hydrogen-bond donors (Lipinski definition) is 3. The molecule has 1 fully saturated rings. The molecule has 0 amide bonds. The van der Waals surface area contributed by atoms with Crippen LogP contribution in [-0.2, 0) is 25.4 Å². The number of carbonyl (C=O) groups excluding carboxylic acids is 1. The van der Waals surface area contributed by atoms with Crippen LogP contribution in [0.4, 0.5) is 0 Å². The average Bonchev–Trinajstić information content (AvgIpc) is 2.82. The van der Waals surface area contributed by atoms with Crippen molar-refractivity contribution in [2.45, 2.75) is 45.8 Å². The lowest BCUT2D eigenvalue weighted by Crippen LogP contribution is -2.51. The minimum absolute atomic E-state index is 0.180. The molecule has 0 unspecified atom stereocenters.